The number of nitrogens with zero attached hydrogens (tertiary/aromatic N) is 2. The average molecular weight is 474 g/mol. The third kappa shape index (κ3) is 5.77. The van der Waals surface area contributed by atoms with E-state index in [4.69, 9.17) is 10.1 Å². The SMILES string of the molecule is CC=Cc1c(C)n(Cc2ccc(-c3ccc(F)cc3)cc2)c(=N)n1CCCOc1ccc(F)cc1. The van der Waals surface area contributed by atoms with Crippen LogP contribution in [0.4, 0.5) is 8.78 Å². The van der Waals surface area contributed by atoms with Gasteiger partial charge in [0.25, 0.3) is 0 Å². The predicted octanol–water partition coefficient (Wildman–Crippen LogP) is 6.57. The topological polar surface area (TPSA) is 42.9 Å². The van der Waals surface area contributed by atoms with Crippen molar-refractivity contribution < 1.29 is 13.5 Å². The molecule has 0 unspecified atom stereocenters. The van der Waals surface area contributed by atoms with Crippen molar-refractivity contribution in [3.8, 4) is 16.9 Å². The van der Waals surface area contributed by atoms with Crippen molar-refractivity contribution >= 4 is 6.08 Å². The fraction of sp³-hybridized carbons (Fsp3) is 0.207. The van der Waals surface area contributed by atoms with Crippen LogP contribution in [0.15, 0.2) is 78.9 Å². The first-order chi connectivity index (χ1) is 17.0. The highest BCUT2D eigenvalue weighted by atomic mass is 19.1. The number of aromatic nitrogens is 2. The molecule has 0 bridgehead atoms. The molecule has 0 aliphatic carbocycles. The highest BCUT2D eigenvalue weighted by Crippen LogP contribution is 2.21. The number of allylic oxidation sites excluding steroid dienone is 1. The van der Waals surface area contributed by atoms with Gasteiger partial charge in [0.15, 0.2) is 0 Å². The molecule has 4 aromatic rings. The molecule has 35 heavy (non-hydrogen) atoms. The van der Waals surface area contributed by atoms with Gasteiger partial charge in [0.1, 0.15) is 17.4 Å². The van der Waals surface area contributed by atoms with E-state index in [2.05, 4.69) is 0 Å². The van der Waals surface area contributed by atoms with Crippen LogP contribution in [-0.2, 0) is 13.1 Å². The van der Waals surface area contributed by atoms with Gasteiger partial charge in [0.2, 0.25) is 5.62 Å². The lowest BCUT2D eigenvalue weighted by Crippen LogP contribution is -2.26. The first-order valence-electron chi connectivity index (χ1n) is 11.7. The van der Waals surface area contributed by atoms with Gasteiger partial charge < -0.3 is 13.9 Å². The zero-order chi connectivity index (χ0) is 24.8. The molecular formula is C29H29F2N3O. The maximum Gasteiger partial charge on any atom is 0.203 e. The summed E-state index contributed by atoms with van der Waals surface area (Å²) < 4.78 is 36.0. The van der Waals surface area contributed by atoms with Crippen LogP contribution in [0.1, 0.15) is 30.3 Å². The van der Waals surface area contributed by atoms with Gasteiger partial charge in [-0.25, -0.2) is 8.78 Å². The van der Waals surface area contributed by atoms with E-state index in [1.54, 1.807) is 24.3 Å². The molecule has 0 fully saturated rings. The molecule has 0 aliphatic rings. The summed E-state index contributed by atoms with van der Waals surface area (Å²) in [5, 5.41) is 8.83. The Balaban J connectivity index is 1.48. The van der Waals surface area contributed by atoms with E-state index in [9.17, 15) is 8.78 Å². The van der Waals surface area contributed by atoms with Crippen LogP contribution in [0.25, 0.3) is 17.2 Å². The van der Waals surface area contributed by atoms with E-state index in [0.717, 1.165) is 28.1 Å². The lowest BCUT2D eigenvalue weighted by atomic mass is 10.0. The lowest BCUT2D eigenvalue weighted by molar-refractivity contribution is 0.299. The number of ether oxygens (including phenoxy) is 1. The normalized spacial score (nSPS) is 11.3. The zero-order valence-corrected chi connectivity index (χ0v) is 20.0. The number of hydrogen-bond acceptors (Lipinski definition) is 2. The second-order valence-corrected chi connectivity index (χ2v) is 8.39. The minimum absolute atomic E-state index is 0.247. The van der Waals surface area contributed by atoms with Crippen LogP contribution < -0.4 is 10.4 Å². The van der Waals surface area contributed by atoms with E-state index in [1.807, 2.05) is 59.4 Å². The molecule has 0 radical (unpaired) electrons. The number of benzene rings is 3. The van der Waals surface area contributed by atoms with Gasteiger partial charge >= 0.3 is 0 Å². The lowest BCUT2D eigenvalue weighted by Gasteiger charge is -2.09. The molecule has 4 nitrogen and oxygen atoms in total. The van der Waals surface area contributed by atoms with Gasteiger partial charge in [-0.2, -0.15) is 0 Å². The Labute approximate surface area is 204 Å². The van der Waals surface area contributed by atoms with Crippen LogP contribution in [0.2, 0.25) is 0 Å². The quantitative estimate of drug-likeness (QED) is 0.274. The molecule has 180 valence electrons. The van der Waals surface area contributed by atoms with Gasteiger partial charge in [-0.15, -0.1) is 0 Å². The summed E-state index contributed by atoms with van der Waals surface area (Å²) in [6.45, 7) is 5.69. The molecule has 0 saturated heterocycles. The molecule has 0 atom stereocenters. The molecule has 0 spiro atoms. The van der Waals surface area contributed by atoms with E-state index in [-0.39, 0.29) is 11.6 Å². The number of hydrogen-bond donors (Lipinski definition) is 1. The fourth-order valence-electron chi connectivity index (χ4n) is 4.11. The Bertz CT molecular complexity index is 1350. The molecule has 0 amide bonds. The molecule has 0 saturated carbocycles. The molecule has 6 heteroatoms. The van der Waals surface area contributed by atoms with Crippen LogP contribution >= 0.6 is 0 Å². The smallest absolute Gasteiger partial charge is 0.203 e. The van der Waals surface area contributed by atoms with Gasteiger partial charge in [-0.3, -0.25) is 5.41 Å². The summed E-state index contributed by atoms with van der Waals surface area (Å²) in [6, 6.07) is 20.6. The molecule has 3 aromatic carbocycles. The summed E-state index contributed by atoms with van der Waals surface area (Å²) in [7, 11) is 0. The largest absolute Gasteiger partial charge is 0.494 e. The number of rotatable bonds is 9. The van der Waals surface area contributed by atoms with Crippen molar-refractivity contribution in [3.05, 3.63) is 113 Å². The van der Waals surface area contributed by atoms with E-state index < -0.39 is 0 Å². The molecule has 1 aromatic heterocycles. The Morgan fingerprint density at radius 1 is 0.829 bits per heavy atom. The highest BCUT2D eigenvalue weighted by molar-refractivity contribution is 5.63. The third-order valence-electron chi connectivity index (χ3n) is 5.98. The molecule has 4 rings (SSSR count). The summed E-state index contributed by atoms with van der Waals surface area (Å²) in [6.07, 6.45) is 4.73. The number of halogens is 2. The Hall–Kier alpha value is -3.93. The Kier molecular flexibility index (Phi) is 7.60. The van der Waals surface area contributed by atoms with Gasteiger partial charge in [-0.05, 0) is 79.4 Å². The van der Waals surface area contributed by atoms with Crippen LogP contribution in [0.5, 0.6) is 5.75 Å². The number of imidazole rings is 1. The second kappa shape index (κ2) is 11.0. The molecular weight excluding hydrogens is 444 g/mol. The summed E-state index contributed by atoms with van der Waals surface area (Å²) >= 11 is 0. The van der Waals surface area contributed by atoms with Gasteiger partial charge in [0, 0.05) is 12.2 Å². The summed E-state index contributed by atoms with van der Waals surface area (Å²) in [5.74, 6) is 0.0994. The minimum Gasteiger partial charge on any atom is -0.494 e. The minimum atomic E-state index is -0.287. The Morgan fingerprint density at radius 2 is 1.40 bits per heavy atom. The van der Waals surface area contributed by atoms with Crippen LogP contribution in [-0.4, -0.2) is 15.7 Å². The number of nitrogens with one attached hydrogen (secondary N) is 1. The summed E-state index contributed by atoms with van der Waals surface area (Å²) in [4.78, 5) is 0. The van der Waals surface area contributed by atoms with Crippen molar-refractivity contribution in [3.63, 3.8) is 0 Å². The first kappa shape index (κ1) is 24.2. The predicted molar refractivity (Wildman–Crippen MR) is 135 cm³/mol. The maximum absolute atomic E-state index is 13.2. The van der Waals surface area contributed by atoms with Crippen molar-refractivity contribution in [2.75, 3.05) is 6.61 Å². The average Bonchev–Trinajstić information content (AvgIpc) is 3.08. The highest BCUT2D eigenvalue weighted by Gasteiger charge is 2.13. The second-order valence-electron chi connectivity index (χ2n) is 8.39. The van der Waals surface area contributed by atoms with Crippen molar-refractivity contribution in [2.24, 2.45) is 0 Å². The van der Waals surface area contributed by atoms with E-state index in [1.165, 1.54) is 24.3 Å². The zero-order valence-electron chi connectivity index (χ0n) is 20.0. The monoisotopic (exact) mass is 473 g/mol. The fourth-order valence-corrected chi connectivity index (χ4v) is 4.11. The molecule has 0 aliphatic heterocycles. The molecule has 1 heterocycles. The van der Waals surface area contributed by atoms with Gasteiger partial charge in [-0.1, -0.05) is 42.5 Å². The summed E-state index contributed by atoms with van der Waals surface area (Å²) in [5.41, 5.74) is 5.53. The van der Waals surface area contributed by atoms with E-state index in [0.29, 0.717) is 37.5 Å². The van der Waals surface area contributed by atoms with Crippen LogP contribution in [0.3, 0.4) is 0 Å². The standard InChI is InChI=1S/C29H29F2N3O/c1-3-5-28-21(2)34(20-22-6-8-23(9-7-22)24-10-12-25(30)13-11-24)29(32)33(28)18-4-19-35-27-16-14-26(31)15-17-27/h3,5-17,32H,4,18-20H2,1-2H3. The van der Waals surface area contributed by atoms with E-state index >= 15 is 0 Å². The molecule has 1 N–H and O–H groups in total. The van der Waals surface area contributed by atoms with Crippen molar-refractivity contribution in [1.29, 1.82) is 5.41 Å². The van der Waals surface area contributed by atoms with Gasteiger partial charge in [0.05, 0.1) is 18.8 Å². The maximum atomic E-state index is 13.2. The first-order valence-corrected chi connectivity index (χ1v) is 11.7. The third-order valence-corrected chi connectivity index (χ3v) is 5.98. The van der Waals surface area contributed by atoms with Crippen molar-refractivity contribution in [2.45, 2.75) is 33.4 Å². The van der Waals surface area contributed by atoms with Crippen molar-refractivity contribution in [1.82, 2.24) is 9.13 Å². The van der Waals surface area contributed by atoms with Crippen LogP contribution in [0, 0.1) is 24.0 Å². The Morgan fingerprint density at radius 3 is 2.00 bits per heavy atom.